The van der Waals surface area contributed by atoms with Crippen LogP contribution in [0.5, 0.6) is 0 Å². The molecule has 0 heteroatoms. The molecule has 0 atom stereocenters. The average molecular weight is 260 g/mol. The van der Waals surface area contributed by atoms with Crippen molar-refractivity contribution in [3.05, 3.63) is 52.2 Å². The van der Waals surface area contributed by atoms with Crippen LogP contribution < -0.4 is 52.2 Å². The lowest BCUT2D eigenvalue weighted by Crippen LogP contribution is -2.62. The summed E-state index contributed by atoms with van der Waals surface area (Å²) >= 11 is 0. The van der Waals surface area contributed by atoms with E-state index in [1.54, 1.807) is 0 Å². The van der Waals surface area contributed by atoms with Gasteiger partial charge in [-0.3, -0.25) is 0 Å². The van der Waals surface area contributed by atoms with Crippen LogP contribution in [0.4, 0.5) is 0 Å². The highest BCUT2D eigenvalue weighted by Crippen LogP contribution is 1.31. The topological polar surface area (TPSA) is 0 Å². The van der Waals surface area contributed by atoms with Crippen molar-refractivity contribution >= 4 is 65.8 Å². The van der Waals surface area contributed by atoms with Gasteiger partial charge in [-0.15, -0.1) is 0 Å². The van der Waals surface area contributed by atoms with Crippen LogP contribution in [0.3, 0.4) is 0 Å². The monoisotopic (exact) mass is 260 g/mol. The van der Waals surface area contributed by atoms with E-state index in [9.17, 15) is 0 Å². The average Bonchev–Trinajstić information content (AvgIpc) is 2.46. The normalized spacial score (nSPS) is 10.0. The van der Waals surface area contributed by atoms with E-state index in [2.05, 4.69) is 65.8 Å². The van der Waals surface area contributed by atoms with Crippen LogP contribution in [0, 0.1) is 0 Å². The smallest absolute Gasteiger partial charge is 0.0183 e. The standard InChI is InChI=1S/C20H20/c1-11-12(2)14(4)16(6)18(8)20(10)19(9)17(7)15(5)13(11)3/h1-10H2. The Bertz CT molecular complexity index is 772. The molecule has 0 aromatic heterocycles. The van der Waals surface area contributed by atoms with Crippen molar-refractivity contribution < 1.29 is 0 Å². The van der Waals surface area contributed by atoms with Gasteiger partial charge in [0, 0.05) is 0 Å². The number of rotatable bonds is 0. The highest BCUT2D eigenvalue weighted by atomic mass is 13.9. The molecule has 1 rings (SSSR count). The molecule has 0 saturated carbocycles. The Hall–Kier alpha value is -2.60. The summed E-state index contributed by atoms with van der Waals surface area (Å²) in [7, 11) is 0. The van der Waals surface area contributed by atoms with Crippen LogP contribution in [0.25, 0.3) is 65.8 Å². The third kappa shape index (κ3) is 2.28. The maximum absolute atomic E-state index is 4.00. The zero-order valence-corrected chi connectivity index (χ0v) is 12.1. The van der Waals surface area contributed by atoms with E-state index in [-0.39, 0.29) is 0 Å². The van der Waals surface area contributed by atoms with Crippen LogP contribution >= 0.6 is 0 Å². The Kier molecular flexibility index (Phi) is 4.00. The second-order valence-corrected chi connectivity index (χ2v) is 4.79. The van der Waals surface area contributed by atoms with Gasteiger partial charge in [0.1, 0.15) is 0 Å². The highest BCUT2D eigenvalue weighted by Gasteiger charge is 1.88. The van der Waals surface area contributed by atoms with E-state index in [1.807, 2.05) is 0 Å². The van der Waals surface area contributed by atoms with Crippen molar-refractivity contribution in [3.63, 3.8) is 0 Å². The molecule has 0 radical (unpaired) electrons. The van der Waals surface area contributed by atoms with Gasteiger partial charge in [-0.05, 0) is 52.2 Å². The summed E-state index contributed by atoms with van der Waals surface area (Å²) in [5.74, 6) is 0. The molecule has 0 nitrogen and oxygen atoms in total. The molecule has 0 aliphatic carbocycles. The van der Waals surface area contributed by atoms with Crippen LogP contribution in [-0.4, -0.2) is 0 Å². The Morgan fingerprint density at radius 2 is 0.250 bits per heavy atom. The quantitative estimate of drug-likeness (QED) is 0.464. The summed E-state index contributed by atoms with van der Waals surface area (Å²) in [5, 5.41) is 6.62. The third-order valence-corrected chi connectivity index (χ3v) is 3.64. The maximum Gasteiger partial charge on any atom is -0.0183 e. The maximum atomic E-state index is 4.00. The summed E-state index contributed by atoms with van der Waals surface area (Å²) in [6.45, 7) is 40.0. The lowest BCUT2D eigenvalue weighted by Gasteiger charge is -1.92. The molecule has 0 N–H and O–H groups in total. The first-order valence-electron chi connectivity index (χ1n) is 6.04. The molecular weight excluding hydrogens is 240 g/mol. The lowest BCUT2D eigenvalue weighted by molar-refractivity contribution is 1.34. The second kappa shape index (κ2) is 5.18. The minimum atomic E-state index is 0.662. The summed E-state index contributed by atoms with van der Waals surface area (Å²) in [6, 6.07) is 0. The van der Waals surface area contributed by atoms with E-state index < -0.39 is 0 Å². The summed E-state index contributed by atoms with van der Waals surface area (Å²) in [4.78, 5) is 0. The summed E-state index contributed by atoms with van der Waals surface area (Å²) in [6.07, 6.45) is 0. The van der Waals surface area contributed by atoms with Gasteiger partial charge in [-0.1, -0.05) is 65.8 Å². The number of hydrogen-bond donors (Lipinski definition) is 0. The Balaban J connectivity index is 4.96. The number of hydrogen-bond acceptors (Lipinski definition) is 0. The van der Waals surface area contributed by atoms with Crippen molar-refractivity contribution in [3.8, 4) is 0 Å². The highest BCUT2D eigenvalue weighted by molar-refractivity contribution is 5.30. The fourth-order valence-corrected chi connectivity index (χ4v) is 1.82. The zero-order chi connectivity index (χ0) is 15.8. The van der Waals surface area contributed by atoms with E-state index in [0.717, 1.165) is 0 Å². The van der Waals surface area contributed by atoms with Crippen LogP contribution in [-0.2, 0) is 0 Å². The molecular formula is C20H20. The van der Waals surface area contributed by atoms with Crippen LogP contribution in [0.2, 0.25) is 0 Å². The fourth-order valence-electron chi connectivity index (χ4n) is 1.82. The van der Waals surface area contributed by atoms with Crippen molar-refractivity contribution in [1.29, 1.82) is 0 Å². The van der Waals surface area contributed by atoms with E-state index >= 15 is 0 Å². The van der Waals surface area contributed by atoms with Crippen molar-refractivity contribution in [2.45, 2.75) is 0 Å². The predicted octanol–water partition coefficient (Wildman–Crippen LogP) is -3.09. The van der Waals surface area contributed by atoms with Gasteiger partial charge in [-0.2, -0.15) is 0 Å². The predicted molar refractivity (Wildman–Crippen MR) is 95.5 cm³/mol. The van der Waals surface area contributed by atoms with Gasteiger partial charge in [-0.25, -0.2) is 0 Å². The second-order valence-electron chi connectivity index (χ2n) is 4.79. The molecule has 0 aliphatic rings. The molecule has 0 fully saturated rings. The molecule has 100 valence electrons. The van der Waals surface area contributed by atoms with Gasteiger partial charge in [0.15, 0.2) is 0 Å². The van der Waals surface area contributed by atoms with Gasteiger partial charge in [0.05, 0.1) is 0 Å². The van der Waals surface area contributed by atoms with Gasteiger partial charge < -0.3 is 0 Å². The molecule has 0 aliphatic heterocycles. The Labute approximate surface area is 118 Å². The fraction of sp³-hybridized carbons (Fsp3) is 0. The largest absolute Gasteiger partial charge is 0.0906 e. The molecule has 20 heavy (non-hydrogen) atoms. The minimum absolute atomic E-state index is 0.662. The molecule has 1 aromatic carbocycles. The minimum Gasteiger partial charge on any atom is -0.0906 e. The van der Waals surface area contributed by atoms with Gasteiger partial charge >= 0.3 is 0 Å². The lowest BCUT2D eigenvalue weighted by atomic mass is 10.1. The third-order valence-electron chi connectivity index (χ3n) is 3.64. The Morgan fingerprint density at radius 1 is 0.200 bits per heavy atom. The molecule has 0 saturated heterocycles. The van der Waals surface area contributed by atoms with Crippen molar-refractivity contribution in [2.24, 2.45) is 0 Å². The molecule has 0 bridgehead atoms. The first-order chi connectivity index (χ1) is 9.11. The van der Waals surface area contributed by atoms with Crippen molar-refractivity contribution in [2.75, 3.05) is 0 Å². The first-order valence-corrected chi connectivity index (χ1v) is 6.04. The summed E-state index contributed by atoms with van der Waals surface area (Å²) in [5.41, 5.74) is 0. The SMILES string of the molecule is C=c1c(=C)c(=C)c(=C)c(=C)c(=C)c(=C)c(=C)c(=C)c1=C. The van der Waals surface area contributed by atoms with Crippen molar-refractivity contribution in [1.82, 2.24) is 0 Å². The Morgan fingerprint density at radius 3 is 0.300 bits per heavy atom. The van der Waals surface area contributed by atoms with Crippen LogP contribution in [0.1, 0.15) is 0 Å². The van der Waals surface area contributed by atoms with E-state index in [1.165, 1.54) is 0 Å². The molecule has 1 aromatic rings. The van der Waals surface area contributed by atoms with Gasteiger partial charge in [0.25, 0.3) is 0 Å². The molecule has 0 heterocycles. The van der Waals surface area contributed by atoms with Crippen LogP contribution in [0.15, 0.2) is 0 Å². The van der Waals surface area contributed by atoms with E-state index in [4.69, 9.17) is 0 Å². The zero-order valence-electron chi connectivity index (χ0n) is 12.1. The van der Waals surface area contributed by atoms with E-state index in [0.29, 0.717) is 52.2 Å². The van der Waals surface area contributed by atoms with Gasteiger partial charge in [0.2, 0.25) is 0 Å². The molecule has 0 spiro atoms. The summed E-state index contributed by atoms with van der Waals surface area (Å²) < 4.78 is 0. The molecule has 0 amide bonds. The molecule has 0 unspecified atom stereocenters. The first kappa shape index (κ1) is 15.5.